The molecule has 31 heavy (non-hydrogen) atoms. The Kier molecular flexibility index (Phi) is 11.2. The van der Waals surface area contributed by atoms with Crippen LogP contribution in [0.4, 0.5) is 0 Å². The van der Waals surface area contributed by atoms with Crippen LogP contribution in [0.5, 0.6) is 11.5 Å². The number of aromatic nitrogens is 2. The molecule has 0 radical (unpaired) electrons. The van der Waals surface area contributed by atoms with Crippen LogP contribution in [-0.4, -0.2) is 40.9 Å². The zero-order chi connectivity index (χ0) is 23.4. The molecule has 0 aliphatic carbocycles. The standard InChI is InChI=1S/C9H10ClN3O2S.C9H10ClN3OS/c1-15-8-3-7(4-12-9(8)10)5-16(2,14)13-6-11;1-14-8-3-7(4-12-9(8)10)5-15(2)13-6-11/h3-4H,5H2,1-2H3;3-4H,5H2,1-2H3. The van der Waals surface area contributed by atoms with Gasteiger partial charge in [0.25, 0.3) is 0 Å². The molecule has 2 aromatic heterocycles. The first-order chi connectivity index (χ1) is 14.6. The van der Waals surface area contributed by atoms with Gasteiger partial charge in [-0.25, -0.2) is 14.2 Å². The summed E-state index contributed by atoms with van der Waals surface area (Å²) in [5.74, 6) is 1.77. The Hall–Kier alpha value is -2.44. The van der Waals surface area contributed by atoms with Gasteiger partial charge < -0.3 is 9.47 Å². The van der Waals surface area contributed by atoms with Gasteiger partial charge in [0.1, 0.15) is 0 Å². The molecule has 9 nitrogen and oxygen atoms in total. The van der Waals surface area contributed by atoms with Crippen molar-refractivity contribution in [1.29, 1.82) is 10.5 Å². The molecule has 0 saturated heterocycles. The number of pyridine rings is 2. The molecule has 2 unspecified atom stereocenters. The summed E-state index contributed by atoms with van der Waals surface area (Å²) in [7, 11) is 0.148. The molecule has 2 heterocycles. The van der Waals surface area contributed by atoms with E-state index in [0.29, 0.717) is 28.0 Å². The highest BCUT2D eigenvalue weighted by Gasteiger charge is 2.08. The average Bonchev–Trinajstić information content (AvgIpc) is 2.71. The van der Waals surface area contributed by atoms with Crippen molar-refractivity contribution >= 4 is 43.6 Å². The van der Waals surface area contributed by atoms with Crippen molar-refractivity contribution in [3.8, 4) is 23.9 Å². The van der Waals surface area contributed by atoms with Gasteiger partial charge in [0.15, 0.2) is 21.8 Å². The smallest absolute Gasteiger partial charge is 0.214 e. The van der Waals surface area contributed by atoms with E-state index < -0.39 is 9.73 Å². The molecular formula is C18H20Cl2N6O3S2. The summed E-state index contributed by atoms with van der Waals surface area (Å²) in [6, 6.07) is 3.44. The van der Waals surface area contributed by atoms with Gasteiger partial charge in [0, 0.05) is 24.4 Å². The van der Waals surface area contributed by atoms with Gasteiger partial charge in [-0.05, 0) is 29.5 Å². The van der Waals surface area contributed by atoms with Crippen molar-refractivity contribution in [1.82, 2.24) is 9.97 Å². The number of nitrogens with zero attached hydrogens (tertiary/aromatic N) is 6. The van der Waals surface area contributed by atoms with Gasteiger partial charge in [-0.3, -0.25) is 0 Å². The molecule has 0 aromatic carbocycles. The second kappa shape index (κ2) is 13.1. The molecule has 0 amide bonds. The first kappa shape index (κ1) is 26.6. The van der Waals surface area contributed by atoms with E-state index in [2.05, 4.69) is 18.7 Å². The lowest BCUT2D eigenvalue weighted by Gasteiger charge is -2.05. The summed E-state index contributed by atoms with van der Waals surface area (Å²) in [4.78, 5) is 7.87. The molecule has 2 atom stereocenters. The van der Waals surface area contributed by atoms with Crippen molar-refractivity contribution in [3.05, 3.63) is 46.0 Å². The molecule has 13 heteroatoms. The van der Waals surface area contributed by atoms with Crippen molar-refractivity contribution in [2.45, 2.75) is 11.5 Å². The summed E-state index contributed by atoms with van der Waals surface area (Å²) in [5.41, 5.74) is 1.62. The highest BCUT2D eigenvalue weighted by Crippen LogP contribution is 2.23. The number of nitriles is 2. The van der Waals surface area contributed by atoms with E-state index in [4.69, 9.17) is 43.2 Å². The van der Waals surface area contributed by atoms with E-state index in [9.17, 15) is 4.21 Å². The molecule has 2 aromatic rings. The van der Waals surface area contributed by atoms with Crippen LogP contribution in [0.15, 0.2) is 33.3 Å². The van der Waals surface area contributed by atoms with Gasteiger partial charge in [0.05, 0.1) is 29.7 Å². The summed E-state index contributed by atoms with van der Waals surface area (Å²) in [6.45, 7) is 0. The molecule has 0 spiro atoms. The van der Waals surface area contributed by atoms with Gasteiger partial charge in [-0.1, -0.05) is 33.9 Å². The van der Waals surface area contributed by atoms with E-state index >= 15 is 0 Å². The minimum absolute atomic E-state index is 0.140. The molecule has 0 aliphatic rings. The Morgan fingerprint density at radius 3 is 2.06 bits per heavy atom. The summed E-state index contributed by atoms with van der Waals surface area (Å²) in [6.07, 6.45) is 9.79. The normalized spacial score (nSPS) is 12.9. The zero-order valence-corrected chi connectivity index (χ0v) is 20.3. The van der Waals surface area contributed by atoms with Crippen molar-refractivity contribution < 1.29 is 13.7 Å². The number of halogens is 2. The number of ether oxygens (including phenoxy) is 2. The first-order valence-electron chi connectivity index (χ1n) is 8.33. The number of hydrogen-bond donors (Lipinski definition) is 0. The van der Waals surface area contributed by atoms with Crippen LogP contribution in [0.2, 0.25) is 10.3 Å². The Morgan fingerprint density at radius 2 is 1.58 bits per heavy atom. The third-order valence-corrected chi connectivity index (χ3v) is 6.46. The van der Waals surface area contributed by atoms with Crippen LogP contribution < -0.4 is 9.47 Å². The quantitative estimate of drug-likeness (QED) is 0.430. The van der Waals surface area contributed by atoms with Crippen molar-refractivity contribution in [2.24, 2.45) is 8.73 Å². The summed E-state index contributed by atoms with van der Waals surface area (Å²) < 4.78 is 28.9. The zero-order valence-electron chi connectivity index (χ0n) is 17.2. The van der Waals surface area contributed by atoms with Crippen LogP contribution in [0.3, 0.4) is 0 Å². The fourth-order valence-electron chi connectivity index (χ4n) is 2.15. The van der Waals surface area contributed by atoms with Crippen LogP contribution in [-0.2, 0) is 31.9 Å². The van der Waals surface area contributed by atoms with E-state index in [1.807, 2.05) is 12.3 Å². The predicted octanol–water partition coefficient (Wildman–Crippen LogP) is 3.98. The topological polar surface area (TPSA) is 134 Å². The van der Waals surface area contributed by atoms with Gasteiger partial charge in [-0.15, -0.1) is 4.36 Å². The number of methoxy groups -OCH3 is 2. The van der Waals surface area contributed by atoms with Gasteiger partial charge in [0.2, 0.25) is 12.4 Å². The Labute approximate surface area is 194 Å². The maximum atomic E-state index is 11.7. The van der Waals surface area contributed by atoms with Crippen molar-refractivity contribution in [3.63, 3.8) is 0 Å². The molecule has 0 bridgehead atoms. The third-order valence-electron chi connectivity index (χ3n) is 3.41. The van der Waals surface area contributed by atoms with E-state index in [-0.39, 0.29) is 21.6 Å². The Morgan fingerprint density at radius 1 is 1.06 bits per heavy atom. The maximum absolute atomic E-state index is 11.7. The number of rotatable bonds is 6. The van der Waals surface area contributed by atoms with Crippen LogP contribution in [0.1, 0.15) is 11.1 Å². The third kappa shape index (κ3) is 9.49. The largest absolute Gasteiger partial charge is 0.494 e. The van der Waals surface area contributed by atoms with Crippen LogP contribution in [0.25, 0.3) is 0 Å². The first-order valence-corrected chi connectivity index (χ1v) is 12.9. The molecule has 166 valence electrons. The van der Waals surface area contributed by atoms with Gasteiger partial charge >= 0.3 is 0 Å². The SMILES string of the molecule is COc1cc(CS(C)(=O)=NC#N)cnc1Cl.COc1cc(CS(C)=NC#N)cnc1Cl. The summed E-state index contributed by atoms with van der Waals surface area (Å²) >= 11 is 11.5. The monoisotopic (exact) mass is 502 g/mol. The highest BCUT2D eigenvalue weighted by atomic mass is 35.5. The molecular weight excluding hydrogens is 483 g/mol. The highest BCUT2D eigenvalue weighted by molar-refractivity contribution is 7.92. The fraction of sp³-hybridized carbons (Fsp3) is 0.333. The lowest BCUT2D eigenvalue weighted by atomic mass is 10.3. The minimum atomic E-state index is -2.55. The second-order valence-electron chi connectivity index (χ2n) is 5.90. The van der Waals surface area contributed by atoms with Crippen molar-refractivity contribution in [2.75, 3.05) is 26.7 Å². The molecule has 0 fully saturated rings. The lowest BCUT2D eigenvalue weighted by molar-refractivity contribution is 0.412. The number of hydrogen-bond acceptors (Lipinski definition) is 9. The maximum Gasteiger partial charge on any atom is 0.214 e. The van der Waals surface area contributed by atoms with E-state index in [1.54, 1.807) is 24.6 Å². The summed E-state index contributed by atoms with van der Waals surface area (Å²) in [5, 5.41) is 17.3. The van der Waals surface area contributed by atoms with E-state index in [1.165, 1.54) is 26.7 Å². The molecule has 0 saturated carbocycles. The Balaban J connectivity index is 0.000000311. The minimum Gasteiger partial charge on any atom is -0.494 e. The molecule has 2 rings (SSSR count). The van der Waals surface area contributed by atoms with E-state index in [0.717, 1.165) is 5.56 Å². The lowest BCUT2D eigenvalue weighted by Crippen LogP contribution is -2.01. The predicted molar refractivity (Wildman–Crippen MR) is 122 cm³/mol. The van der Waals surface area contributed by atoms with Crippen LogP contribution in [0, 0.1) is 22.9 Å². The molecule has 0 aliphatic heterocycles. The molecule has 0 N–H and O–H groups in total. The second-order valence-corrected chi connectivity index (χ2v) is 10.7. The van der Waals surface area contributed by atoms with Crippen LogP contribution >= 0.6 is 23.2 Å². The average molecular weight is 503 g/mol. The fourth-order valence-corrected chi connectivity index (χ4v) is 4.37. The van der Waals surface area contributed by atoms with Gasteiger partial charge in [-0.2, -0.15) is 14.9 Å². The Bertz CT molecular complexity index is 1150.